The fourth-order valence-corrected chi connectivity index (χ4v) is 6.32. The summed E-state index contributed by atoms with van der Waals surface area (Å²) in [5, 5.41) is 11.3. The van der Waals surface area contributed by atoms with Crippen LogP contribution in [0.1, 0.15) is 44.6 Å². The summed E-state index contributed by atoms with van der Waals surface area (Å²) in [6.07, 6.45) is 5.63. The second-order valence-electron chi connectivity index (χ2n) is 11.7. The van der Waals surface area contributed by atoms with E-state index >= 15 is 0 Å². The van der Waals surface area contributed by atoms with E-state index in [-0.39, 0.29) is 42.9 Å². The second kappa shape index (κ2) is 13.1. The molecule has 46 heavy (non-hydrogen) atoms. The van der Waals surface area contributed by atoms with E-state index < -0.39 is 77.2 Å². The Labute approximate surface area is 267 Å². The summed E-state index contributed by atoms with van der Waals surface area (Å²) >= 11 is 6.78. The number of nitriles is 1. The highest BCUT2D eigenvalue weighted by atomic mass is 35.5. The average Bonchev–Trinajstić information content (AvgIpc) is 3.01. The number of anilines is 2. The number of carbonyl (C=O) groups is 3. The van der Waals surface area contributed by atoms with Crippen molar-refractivity contribution in [2.75, 3.05) is 16.4 Å². The molecule has 14 heteroatoms. The molecule has 2 aliphatic carbocycles. The molecule has 5 rings (SSSR count). The molecule has 2 heterocycles. The lowest BCUT2D eigenvalue weighted by Crippen LogP contribution is -2.65. The first-order chi connectivity index (χ1) is 21.8. The average molecular weight is 660 g/mol. The summed E-state index contributed by atoms with van der Waals surface area (Å²) in [5.74, 6) is -6.78. The second-order valence-corrected chi connectivity index (χ2v) is 12.2. The SMILES string of the molecule is CC1([C@@H](C(=O)NC2CCC(F)(F)CC2)N(C(=O)[C@@H]2CCOC(=O)N2c2cc(C#N)ccn2)c2cc(F)cc(F)c2)C=CC=CC1Cl. The molecule has 2 fully saturated rings. The van der Waals surface area contributed by atoms with Crippen LogP contribution in [-0.4, -0.2) is 58.9 Å². The number of hydrogen-bond donors (Lipinski definition) is 1. The normalized spacial score (nSPS) is 24.9. The molecular formula is C32H30ClF4N5O4. The standard InChI is InChI=1S/C32H30ClF4N5O4/c1-31(9-3-2-4-25(31)33)27(28(43)40-22-5-10-32(36,37)11-6-22)41(23-16-20(34)15-21(35)17-23)29(44)24-8-13-46-30(45)42(24)26-14-19(18-38)7-12-39-26/h2-4,7,9,12,14-17,22,24-25,27H,5-6,8,10-11,13H2,1H3,(H,40,43)/t24-,25?,27+,31?/m0/s1. The number of aromatic nitrogens is 1. The molecule has 0 radical (unpaired) electrons. The van der Waals surface area contributed by atoms with Crippen LogP contribution in [0.3, 0.4) is 0 Å². The highest BCUT2D eigenvalue weighted by molar-refractivity contribution is 6.23. The maximum Gasteiger partial charge on any atom is 0.416 e. The number of amides is 3. The lowest BCUT2D eigenvalue weighted by molar-refractivity contribution is -0.130. The van der Waals surface area contributed by atoms with Crippen LogP contribution in [0.4, 0.5) is 33.9 Å². The number of carbonyl (C=O) groups excluding carboxylic acids is 3. The van der Waals surface area contributed by atoms with Crippen molar-refractivity contribution >= 4 is 41.0 Å². The molecule has 9 nitrogen and oxygen atoms in total. The molecule has 0 bridgehead atoms. The van der Waals surface area contributed by atoms with Gasteiger partial charge < -0.3 is 10.1 Å². The van der Waals surface area contributed by atoms with Crippen molar-refractivity contribution in [2.24, 2.45) is 5.41 Å². The summed E-state index contributed by atoms with van der Waals surface area (Å²) in [5.41, 5.74) is -1.62. The van der Waals surface area contributed by atoms with Gasteiger partial charge in [0.25, 0.3) is 5.91 Å². The van der Waals surface area contributed by atoms with E-state index in [1.807, 2.05) is 6.07 Å². The van der Waals surface area contributed by atoms with Crippen LogP contribution in [0, 0.1) is 28.4 Å². The van der Waals surface area contributed by atoms with Crippen molar-refractivity contribution in [2.45, 2.75) is 68.5 Å². The number of nitrogens with one attached hydrogen (secondary N) is 1. The molecule has 3 amide bonds. The van der Waals surface area contributed by atoms with Gasteiger partial charge in [0, 0.05) is 43.0 Å². The van der Waals surface area contributed by atoms with Gasteiger partial charge in [0.2, 0.25) is 11.8 Å². The van der Waals surface area contributed by atoms with Crippen LogP contribution in [-0.2, 0) is 14.3 Å². The molecule has 2 unspecified atom stereocenters. The van der Waals surface area contributed by atoms with Crippen molar-refractivity contribution in [3.63, 3.8) is 0 Å². The molecule has 1 aromatic carbocycles. The summed E-state index contributed by atoms with van der Waals surface area (Å²) in [7, 11) is 0. The third kappa shape index (κ3) is 6.72. The lowest BCUT2D eigenvalue weighted by atomic mass is 9.74. The number of halogens is 5. The minimum Gasteiger partial charge on any atom is -0.449 e. The number of nitrogens with zero attached hydrogens (tertiary/aromatic N) is 4. The van der Waals surface area contributed by atoms with Crippen molar-refractivity contribution in [3.8, 4) is 6.07 Å². The third-order valence-corrected chi connectivity index (χ3v) is 9.11. The molecule has 0 spiro atoms. The summed E-state index contributed by atoms with van der Waals surface area (Å²) in [6.45, 7) is 1.38. The number of benzene rings is 1. The number of hydrogen-bond acceptors (Lipinski definition) is 6. The Balaban J connectivity index is 1.64. The van der Waals surface area contributed by atoms with Crippen molar-refractivity contribution in [1.29, 1.82) is 5.26 Å². The number of alkyl halides is 3. The molecule has 4 atom stereocenters. The van der Waals surface area contributed by atoms with Gasteiger partial charge in [-0.1, -0.05) is 31.2 Å². The summed E-state index contributed by atoms with van der Waals surface area (Å²) in [4.78, 5) is 48.2. The molecular weight excluding hydrogens is 630 g/mol. The zero-order chi connectivity index (χ0) is 33.2. The molecule has 242 valence electrons. The van der Waals surface area contributed by atoms with E-state index in [1.165, 1.54) is 18.3 Å². The molecule has 1 N–H and O–H groups in total. The molecule has 1 aromatic heterocycles. The van der Waals surface area contributed by atoms with Crippen molar-refractivity contribution in [3.05, 3.63) is 78.0 Å². The first kappa shape index (κ1) is 32.9. The Morgan fingerprint density at radius 1 is 1.15 bits per heavy atom. The number of rotatable bonds is 7. The lowest BCUT2D eigenvalue weighted by Gasteiger charge is -2.46. The van der Waals surface area contributed by atoms with E-state index in [9.17, 15) is 37.2 Å². The van der Waals surface area contributed by atoms with Gasteiger partial charge in [-0.25, -0.2) is 32.2 Å². The maximum atomic E-state index is 14.8. The number of allylic oxidation sites excluding steroid dienone is 3. The smallest absolute Gasteiger partial charge is 0.416 e. The van der Waals surface area contributed by atoms with E-state index in [2.05, 4.69) is 10.3 Å². The molecule has 1 aliphatic heterocycles. The predicted molar refractivity (Wildman–Crippen MR) is 160 cm³/mol. The topological polar surface area (TPSA) is 116 Å². The first-order valence-corrected chi connectivity index (χ1v) is 15.1. The van der Waals surface area contributed by atoms with Crippen molar-refractivity contribution < 1.29 is 36.7 Å². The van der Waals surface area contributed by atoms with Gasteiger partial charge >= 0.3 is 6.09 Å². The zero-order valence-electron chi connectivity index (χ0n) is 24.6. The van der Waals surface area contributed by atoms with Gasteiger partial charge in [0.05, 0.1) is 29.3 Å². The highest BCUT2D eigenvalue weighted by Crippen LogP contribution is 2.42. The van der Waals surface area contributed by atoms with Gasteiger partial charge in [0.1, 0.15) is 29.5 Å². The number of cyclic esters (lactones) is 1. The van der Waals surface area contributed by atoms with Crippen molar-refractivity contribution in [1.82, 2.24) is 10.3 Å². The Bertz CT molecular complexity index is 1600. The fourth-order valence-electron chi connectivity index (χ4n) is 6.04. The molecule has 1 saturated carbocycles. The van der Waals surface area contributed by atoms with Gasteiger partial charge in [-0.15, -0.1) is 11.6 Å². The third-order valence-electron chi connectivity index (χ3n) is 8.49. The largest absolute Gasteiger partial charge is 0.449 e. The highest BCUT2D eigenvalue weighted by Gasteiger charge is 2.51. The van der Waals surface area contributed by atoms with Gasteiger partial charge in [-0.3, -0.25) is 14.5 Å². The predicted octanol–water partition coefficient (Wildman–Crippen LogP) is 5.78. The quantitative estimate of drug-likeness (QED) is 0.298. The Hall–Kier alpha value is -4.44. The van der Waals surface area contributed by atoms with Crippen LogP contribution < -0.4 is 15.1 Å². The van der Waals surface area contributed by atoms with Gasteiger partial charge in [-0.05, 0) is 37.1 Å². The van der Waals surface area contributed by atoms with Crippen LogP contribution in [0.15, 0.2) is 60.8 Å². The summed E-state index contributed by atoms with van der Waals surface area (Å²) < 4.78 is 62.6. The van der Waals surface area contributed by atoms with Crippen LogP contribution in [0.25, 0.3) is 0 Å². The Kier molecular flexibility index (Phi) is 9.39. The minimum atomic E-state index is -2.87. The first-order valence-electron chi connectivity index (χ1n) is 14.6. The zero-order valence-corrected chi connectivity index (χ0v) is 25.4. The summed E-state index contributed by atoms with van der Waals surface area (Å²) in [6, 6.07) is 3.27. The minimum absolute atomic E-state index is 0.0338. The van der Waals surface area contributed by atoms with E-state index in [0.29, 0.717) is 6.07 Å². The number of ether oxygens (including phenoxy) is 1. The Morgan fingerprint density at radius 2 is 1.85 bits per heavy atom. The number of pyridine rings is 1. The molecule has 2 aromatic rings. The van der Waals surface area contributed by atoms with E-state index in [4.69, 9.17) is 16.3 Å². The molecule has 3 aliphatic rings. The Morgan fingerprint density at radius 3 is 2.50 bits per heavy atom. The van der Waals surface area contributed by atoms with E-state index in [1.54, 1.807) is 31.2 Å². The van der Waals surface area contributed by atoms with Crippen LogP contribution in [0.5, 0.6) is 0 Å². The van der Waals surface area contributed by atoms with Gasteiger partial charge in [0.15, 0.2) is 0 Å². The maximum absolute atomic E-state index is 14.8. The molecule has 1 saturated heterocycles. The van der Waals surface area contributed by atoms with Gasteiger partial charge in [-0.2, -0.15) is 5.26 Å². The van der Waals surface area contributed by atoms with Crippen LogP contribution in [0.2, 0.25) is 0 Å². The van der Waals surface area contributed by atoms with Crippen LogP contribution >= 0.6 is 11.6 Å². The monoisotopic (exact) mass is 659 g/mol. The fraction of sp³-hybridized carbons (Fsp3) is 0.406. The van der Waals surface area contributed by atoms with E-state index in [0.717, 1.165) is 21.9 Å².